The summed E-state index contributed by atoms with van der Waals surface area (Å²) in [5.74, 6) is -0.598. The highest BCUT2D eigenvalue weighted by Gasteiger charge is 2.31. The van der Waals surface area contributed by atoms with Crippen LogP contribution in [0.2, 0.25) is 0 Å². The largest absolute Gasteiger partial charge is 0.445 e. The number of benzene rings is 2. The molecule has 0 radical (unpaired) electrons. The van der Waals surface area contributed by atoms with Gasteiger partial charge in [0.25, 0.3) is 0 Å². The van der Waals surface area contributed by atoms with Crippen LogP contribution in [0.15, 0.2) is 84.0 Å². The van der Waals surface area contributed by atoms with Gasteiger partial charge in [-0.05, 0) is 48.2 Å². The van der Waals surface area contributed by atoms with E-state index in [1.165, 1.54) is 12.1 Å². The van der Waals surface area contributed by atoms with E-state index in [1.54, 1.807) is 24.5 Å². The van der Waals surface area contributed by atoms with Gasteiger partial charge in [0.05, 0.1) is 17.0 Å². The van der Waals surface area contributed by atoms with Crippen molar-refractivity contribution in [2.45, 2.75) is 43.9 Å². The third kappa shape index (κ3) is 8.63. The number of sulfonamides is 1. The van der Waals surface area contributed by atoms with Crippen LogP contribution in [0.1, 0.15) is 25.0 Å². The quantitative estimate of drug-likeness (QED) is 0.370. The molecular weight excluding hydrogens is 497 g/mol. The van der Waals surface area contributed by atoms with Crippen LogP contribution >= 0.6 is 0 Å². The molecule has 1 unspecified atom stereocenters. The van der Waals surface area contributed by atoms with E-state index in [1.807, 2.05) is 44.2 Å². The Morgan fingerprint density at radius 1 is 1.03 bits per heavy atom. The lowest BCUT2D eigenvalue weighted by Crippen LogP contribution is -2.51. The summed E-state index contributed by atoms with van der Waals surface area (Å²) in [6, 6.07) is 16.4. The zero-order chi connectivity index (χ0) is 26.8. The molecule has 3 aromatic rings. The monoisotopic (exact) mass is 529 g/mol. The summed E-state index contributed by atoms with van der Waals surface area (Å²) < 4.78 is 46.6. The smallest absolute Gasteiger partial charge is 0.407 e. The van der Waals surface area contributed by atoms with Gasteiger partial charge in [-0.3, -0.25) is 4.98 Å². The number of aromatic nitrogens is 1. The zero-order valence-corrected chi connectivity index (χ0v) is 21.6. The Morgan fingerprint density at radius 3 is 2.32 bits per heavy atom. The van der Waals surface area contributed by atoms with E-state index in [-0.39, 0.29) is 36.9 Å². The molecule has 0 bridgehead atoms. The Hall–Kier alpha value is -3.34. The minimum Gasteiger partial charge on any atom is -0.445 e. The second-order valence-corrected chi connectivity index (χ2v) is 11.1. The number of nitrogens with zero attached hydrogens (tertiary/aromatic N) is 2. The number of hydrogen-bond acceptors (Lipinski definition) is 6. The summed E-state index contributed by atoms with van der Waals surface area (Å²) >= 11 is 0. The van der Waals surface area contributed by atoms with Crippen LogP contribution in [0.3, 0.4) is 0 Å². The summed E-state index contributed by atoms with van der Waals surface area (Å²) in [7, 11) is -4.03. The molecule has 0 spiro atoms. The number of aliphatic hydroxyl groups is 1. The molecule has 0 fully saturated rings. The zero-order valence-electron chi connectivity index (χ0n) is 20.8. The van der Waals surface area contributed by atoms with Gasteiger partial charge in [-0.2, -0.15) is 4.31 Å². The highest BCUT2D eigenvalue weighted by Crippen LogP contribution is 2.19. The first-order chi connectivity index (χ1) is 17.6. The van der Waals surface area contributed by atoms with Crippen molar-refractivity contribution < 1.29 is 27.4 Å². The van der Waals surface area contributed by atoms with Gasteiger partial charge >= 0.3 is 6.09 Å². The van der Waals surface area contributed by atoms with Crippen molar-refractivity contribution in [3.8, 4) is 0 Å². The Labute approximate surface area is 217 Å². The van der Waals surface area contributed by atoms with Gasteiger partial charge < -0.3 is 15.2 Å². The van der Waals surface area contributed by atoms with Crippen molar-refractivity contribution in [2.24, 2.45) is 5.92 Å². The van der Waals surface area contributed by atoms with Gasteiger partial charge in [-0.15, -0.1) is 0 Å². The van der Waals surface area contributed by atoms with Crippen molar-refractivity contribution >= 4 is 16.1 Å². The topological polar surface area (TPSA) is 109 Å². The Morgan fingerprint density at radius 2 is 1.70 bits per heavy atom. The molecule has 10 heteroatoms. The predicted molar refractivity (Wildman–Crippen MR) is 137 cm³/mol. The van der Waals surface area contributed by atoms with E-state index < -0.39 is 34.1 Å². The normalized spacial score (nSPS) is 13.4. The number of carbonyl (C=O) groups is 1. The minimum absolute atomic E-state index is 0.00769. The fraction of sp³-hybridized carbons (Fsp3) is 0.333. The summed E-state index contributed by atoms with van der Waals surface area (Å²) in [6.07, 6.45) is 1.42. The van der Waals surface area contributed by atoms with Crippen LogP contribution in [0.25, 0.3) is 0 Å². The molecule has 1 aromatic heterocycles. The molecule has 198 valence electrons. The molecule has 0 saturated heterocycles. The highest BCUT2D eigenvalue weighted by molar-refractivity contribution is 7.89. The molecule has 1 heterocycles. The van der Waals surface area contributed by atoms with E-state index >= 15 is 0 Å². The van der Waals surface area contributed by atoms with Gasteiger partial charge in [0, 0.05) is 31.0 Å². The molecule has 2 N–H and O–H groups in total. The predicted octanol–water partition coefficient (Wildman–Crippen LogP) is 3.77. The van der Waals surface area contributed by atoms with E-state index in [4.69, 9.17) is 4.74 Å². The summed E-state index contributed by atoms with van der Waals surface area (Å²) in [6.45, 7) is 3.55. The second kappa shape index (κ2) is 13.3. The van der Waals surface area contributed by atoms with Gasteiger partial charge in [0.15, 0.2) is 0 Å². The maximum Gasteiger partial charge on any atom is 0.407 e. The summed E-state index contributed by atoms with van der Waals surface area (Å²) in [4.78, 5) is 16.5. The van der Waals surface area contributed by atoms with Crippen LogP contribution in [0, 0.1) is 11.7 Å². The number of ether oxygens (including phenoxy) is 1. The molecule has 0 aliphatic carbocycles. The fourth-order valence-corrected chi connectivity index (χ4v) is 5.37. The first-order valence-corrected chi connectivity index (χ1v) is 13.4. The van der Waals surface area contributed by atoms with Crippen LogP contribution < -0.4 is 5.32 Å². The molecule has 2 atom stereocenters. The molecule has 8 nitrogen and oxygen atoms in total. The van der Waals surface area contributed by atoms with Crippen LogP contribution in [-0.2, 0) is 27.8 Å². The number of amides is 1. The second-order valence-electron chi connectivity index (χ2n) is 9.12. The van der Waals surface area contributed by atoms with E-state index in [0.717, 1.165) is 22.0 Å². The number of carbonyl (C=O) groups excluding carboxylic acids is 1. The van der Waals surface area contributed by atoms with Crippen molar-refractivity contribution in [1.29, 1.82) is 0 Å². The molecule has 0 aliphatic rings. The van der Waals surface area contributed by atoms with Gasteiger partial charge in [0.1, 0.15) is 12.4 Å². The maximum atomic E-state index is 13.4. The molecular formula is C27H32FN3O5S. The Bertz CT molecular complexity index is 1230. The number of halogens is 1. The molecule has 0 aliphatic heterocycles. The minimum atomic E-state index is -4.03. The number of nitrogens with one attached hydrogen (secondary N) is 1. The van der Waals surface area contributed by atoms with Crippen molar-refractivity contribution in [3.05, 3.63) is 96.1 Å². The first kappa shape index (κ1) is 28.2. The average Bonchev–Trinajstić information content (AvgIpc) is 2.88. The lowest BCUT2D eigenvalue weighted by molar-refractivity contribution is 0.0873. The van der Waals surface area contributed by atoms with Crippen molar-refractivity contribution in [1.82, 2.24) is 14.6 Å². The number of aliphatic hydroxyl groups excluding tert-OH is 1. The standard InChI is InChI=1S/C27H32FN3O5S/c1-20(2)17-31(37(34,35)24-12-10-23(28)11-13-24)18-26(32)25(15-21-7-4-3-5-8-21)30-27(33)36-19-22-9-6-14-29-16-22/h3-14,16,20,25-26,32H,15,17-19H2,1-2H3,(H,30,33)/t25?,26-/m1/s1. The van der Waals surface area contributed by atoms with Crippen LogP contribution in [-0.4, -0.2) is 54.1 Å². The molecule has 37 heavy (non-hydrogen) atoms. The Kier molecular flexibility index (Phi) is 10.1. The molecule has 0 saturated carbocycles. The molecule has 2 aromatic carbocycles. The van der Waals surface area contributed by atoms with Crippen LogP contribution in [0.5, 0.6) is 0 Å². The van der Waals surface area contributed by atoms with Crippen LogP contribution in [0.4, 0.5) is 9.18 Å². The van der Waals surface area contributed by atoms with Gasteiger partial charge in [-0.25, -0.2) is 17.6 Å². The van der Waals surface area contributed by atoms with Crippen molar-refractivity contribution in [3.63, 3.8) is 0 Å². The van der Waals surface area contributed by atoms with Gasteiger partial charge in [-0.1, -0.05) is 50.2 Å². The molecule has 3 rings (SSSR count). The average molecular weight is 530 g/mol. The number of alkyl carbamates (subject to hydrolysis) is 1. The van der Waals surface area contributed by atoms with E-state index in [9.17, 15) is 22.7 Å². The Balaban J connectivity index is 1.79. The number of hydrogen-bond donors (Lipinski definition) is 2. The van der Waals surface area contributed by atoms with Gasteiger partial charge in [0.2, 0.25) is 10.0 Å². The lowest BCUT2D eigenvalue weighted by Gasteiger charge is -2.30. The van der Waals surface area contributed by atoms with Crippen molar-refractivity contribution in [2.75, 3.05) is 13.1 Å². The first-order valence-electron chi connectivity index (χ1n) is 11.9. The summed E-state index contributed by atoms with van der Waals surface area (Å²) in [5.41, 5.74) is 1.54. The number of pyridine rings is 1. The number of rotatable bonds is 12. The maximum absolute atomic E-state index is 13.4. The lowest BCUT2D eigenvalue weighted by atomic mass is 10.0. The highest BCUT2D eigenvalue weighted by atomic mass is 32.2. The molecule has 1 amide bonds. The third-order valence-corrected chi connectivity index (χ3v) is 7.42. The summed E-state index contributed by atoms with van der Waals surface area (Å²) in [5, 5.41) is 13.9. The van der Waals surface area contributed by atoms with E-state index in [0.29, 0.717) is 5.56 Å². The third-order valence-electron chi connectivity index (χ3n) is 5.57. The van der Waals surface area contributed by atoms with E-state index in [2.05, 4.69) is 10.3 Å². The fourth-order valence-electron chi connectivity index (χ4n) is 3.75. The SMILES string of the molecule is CC(C)CN(C[C@@H](O)C(Cc1ccccc1)NC(=O)OCc1cccnc1)S(=O)(=O)c1ccc(F)cc1.